The number of nitro benzene ring substituents is 1. The summed E-state index contributed by atoms with van der Waals surface area (Å²) in [6.45, 7) is 3.47. The van der Waals surface area contributed by atoms with Gasteiger partial charge in [0.2, 0.25) is 0 Å². The van der Waals surface area contributed by atoms with Crippen molar-refractivity contribution < 1.29 is 9.72 Å². The largest absolute Gasteiger partial charge is 0.352 e. The van der Waals surface area contributed by atoms with Gasteiger partial charge in [-0.2, -0.15) is 0 Å². The van der Waals surface area contributed by atoms with E-state index in [1.165, 1.54) is 28.7 Å². The number of halogens is 1. The number of piperidine rings is 1. The van der Waals surface area contributed by atoms with Gasteiger partial charge in [0.1, 0.15) is 0 Å². The van der Waals surface area contributed by atoms with E-state index in [-0.39, 0.29) is 22.2 Å². The normalized spacial score (nSPS) is 15.2. The van der Waals surface area contributed by atoms with E-state index in [1.54, 1.807) is 11.8 Å². The number of carbonyl (C=O) groups excluding carboxylic acids is 1. The van der Waals surface area contributed by atoms with Crippen molar-refractivity contribution in [3.05, 3.63) is 68.7 Å². The Hall–Kier alpha value is -2.09. The molecule has 3 rings (SSSR count). The number of hydrogen-bond acceptors (Lipinski definition) is 5. The lowest BCUT2D eigenvalue weighted by molar-refractivity contribution is -0.384. The monoisotopic (exact) mass is 433 g/mol. The minimum atomic E-state index is -0.530. The first-order valence-corrected chi connectivity index (χ1v) is 11.1. The smallest absolute Gasteiger partial charge is 0.270 e. The minimum absolute atomic E-state index is 0.140. The first kappa shape index (κ1) is 21.6. The molecule has 0 atom stereocenters. The highest BCUT2D eigenvalue weighted by atomic mass is 35.5. The van der Waals surface area contributed by atoms with E-state index in [2.05, 4.69) is 40.7 Å². The molecule has 0 saturated carbocycles. The predicted octanol–water partition coefficient (Wildman–Crippen LogP) is 4.61. The third kappa shape index (κ3) is 5.72. The van der Waals surface area contributed by atoms with E-state index in [4.69, 9.17) is 11.6 Å². The molecule has 0 aliphatic carbocycles. The maximum atomic E-state index is 12.4. The van der Waals surface area contributed by atoms with Crippen molar-refractivity contribution in [3.8, 4) is 0 Å². The molecule has 0 bridgehead atoms. The molecule has 1 heterocycles. The summed E-state index contributed by atoms with van der Waals surface area (Å²) >= 11 is 7.82. The van der Waals surface area contributed by atoms with Crippen molar-refractivity contribution in [1.82, 2.24) is 10.2 Å². The Labute approximate surface area is 179 Å². The minimum Gasteiger partial charge on any atom is -0.352 e. The van der Waals surface area contributed by atoms with Gasteiger partial charge < -0.3 is 5.32 Å². The van der Waals surface area contributed by atoms with E-state index in [0.29, 0.717) is 12.5 Å². The van der Waals surface area contributed by atoms with Crippen LogP contribution in [-0.2, 0) is 6.54 Å². The molecule has 1 aliphatic rings. The zero-order valence-corrected chi connectivity index (χ0v) is 17.8. The Morgan fingerprint density at radius 2 is 2.00 bits per heavy atom. The summed E-state index contributed by atoms with van der Waals surface area (Å²) in [5, 5.41) is 14.0. The second kappa shape index (κ2) is 10.1. The summed E-state index contributed by atoms with van der Waals surface area (Å²) < 4.78 is 0. The van der Waals surface area contributed by atoms with E-state index < -0.39 is 4.92 Å². The number of nitro groups is 1. The van der Waals surface area contributed by atoms with Crippen LogP contribution in [0.5, 0.6) is 0 Å². The fourth-order valence-corrected chi connectivity index (χ4v) is 4.37. The van der Waals surface area contributed by atoms with Crippen molar-refractivity contribution in [1.29, 1.82) is 0 Å². The number of benzene rings is 2. The summed E-state index contributed by atoms with van der Waals surface area (Å²) in [7, 11) is 0. The molecule has 1 saturated heterocycles. The van der Waals surface area contributed by atoms with Gasteiger partial charge in [0, 0.05) is 30.1 Å². The van der Waals surface area contributed by atoms with Gasteiger partial charge in [0.05, 0.1) is 15.5 Å². The van der Waals surface area contributed by atoms with Crippen LogP contribution in [0.3, 0.4) is 0 Å². The van der Waals surface area contributed by atoms with Gasteiger partial charge >= 0.3 is 0 Å². The van der Waals surface area contributed by atoms with Gasteiger partial charge in [-0.3, -0.25) is 19.8 Å². The van der Waals surface area contributed by atoms with Gasteiger partial charge in [-0.25, -0.2) is 0 Å². The third-order valence-corrected chi connectivity index (χ3v) is 6.42. The van der Waals surface area contributed by atoms with Crippen LogP contribution in [0.2, 0.25) is 5.02 Å². The van der Waals surface area contributed by atoms with E-state index in [0.717, 1.165) is 32.5 Å². The Bertz CT molecular complexity index is 885. The number of amides is 1. The second-order valence-corrected chi connectivity index (χ2v) is 8.42. The van der Waals surface area contributed by atoms with Crippen molar-refractivity contribution >= 4 is 35.0 Å². The molecule has 6 nitrogen and oxygen atoms in total. The number of thioether (sulfide) groups is 1. The fraction of sp³-hybridized carbons (Fsp3) is 0.381. The summed E-state index contributed by atoms with van der Waals surface area (Å²) in [4.78, 5) is 26.6. The molecule has 154 valence electrons. The quantitative estimate of drug-likeness (QED) is 0.392. The lowest BCUT2D eigenvalue weighted by Crippen LogP contribution is -2.38. The second-order valence-electron chi connectivity index (χ2n) is 7.16. The van der Waals surface area contributed by atoms with Crippen molar-refractivity contribution in [2.24, 2.45) is 5.92 Å². The van der Waals surface area contributed by atoms with Crippen LogP contribution in [-0.4, -0.2) is 41.6 Å². The average Bonchev–Trinajstić information content (AvgIpc) is 2.73. The zero-order valence-electron chi connectivity index (χ0n) is 16.3. The van der Waals surface area contributed by atoms with Gasteiger partial charge in [-0.1, -0.05) is 29.8 Å². The highest BCUT2D eigenvalue weighted by molar-refractivity contribution is 7.98. The van der Waals surface area contributed by atoms with Gasteiger partial charge in [0.25, 0.3) is 11.6 Å². The van der Waals surface area contributed by atoms with Crippen LogP contribution in [0.4, 0.5) is 5.69 Å². The average molecular weight is 434 g/mol. The zero-order chi connectivity index (χ0) is 20.8. The number of likely N-dealkylation sites (tertiary alicyclic amines) is 1. The van der Waals surface area contributed by atoms with Crippen LogP contribution < -0.4 is 5.32 Å². The molecular weight excluding hydrogens is 410 g/mol. The first-order valence-electron chi connectivity index (χ1n) is 9.54. The highest BCUT2D eigenvalue weighted by Crippen LogP contribution is 2.25. The van der Waals surface area contributed by atoms with Crippen LogP contribution in [0.25, 0.3) is 0 Å². The number of nitrogens with one attached hydrogen (secondary N) is 1. The molecule has 2 aromatic carbocycles. The van der Waals surface area contributed by atoms with Crippen LogP contribution in [0.1, 0.15) is 28.8 Å². The molecule has 1 N–H and O–H groups in total. The van der Waals surface area contributed by atoms with Crippen LogP contribution in [0.15, 0.2) is 47.4 Å². The summed E-state index contributed by atoms with van der Waals surface area (Å²) in [6.07, 6.45) is 4.11. The lowest BCUT2D eigenvalue weighted by atomic mass is 9.96. The molecule has 29 heavy (non-hydrogen) atoms. The molecule has 0 radical (unpaired) electrons. The maximum Gasteiger partial charge on any atom is 0.270 e. The molecule has 0 unspecified atom stereocenters. The van der Waals surface area contributed by atoms with Gasteiger partial charge in [-0.05, 0) is 55.8 Å². The number of hydrogen-bond donors (Lipinski definition) is 1. The maximum absolute atomic E-state index is 12.4. The van der Waals surface area contributed by atoms with Crippen LogP contribution >= 0.6 is 23.4 Å². The lowest BCUT2D eigenvalue weighted by Gasteiger charge is -2.32. The van der Waals surface area contributed by atoms with E-state index in [1.807, 2.05) is 0 Å². The van der Waals surface area contributed by atoms with Crippen LogP contribution in [0, 0.1) is 16.0 Å². The Balaban J connectivity index is 1.49. The Kier molecular flexibility index (Phi) is 7.52. The summed E-state index contributed by atoms with van der Waals surface area (Å²) in [5.41, 5.74) is 1.36. The summed E-state index contributed by atoms with van der Waals surface area (Å²) in [6, 6.07) is 12.4. The molecule has 0 spiro atoms. The number of nitrogens with zero attached hydrogens (tertiary/aromatic N) is 2. The highest BCUT2D eigenvalue weighted by Gasteiger charge is 2.22. The van der Waals surface area contributed by atoms with Gasteiger partial charge in [0.15, 0.2) is 0 Å². The van der Waals surface area contributed by atoms with E-state index in [9.17, 15) is 14.9 Å². The number of rotatable bonds is 7. The fourth-order valence-electron chi connectivity index (χ4n) is 3.56. The molecule has 1 aliphatic heterocycles. The predicted molar refractivity (Wildman–Crippen MR) is 117 cm³/mol. The van der Waals surface area contributed by atoms with Crippen molar-refractivity contribution in [2.45, 2.75) is 24.3 Å². The topological polar surface area (TPSA) is 75.5 Å². The first-order chi connectivity index (χ1) is 14.0. The number of non-ortho nitro benzene ring substituents is 1. The Morgan fingerprint density at radius 1 is 1.28 bits per heavy atom. The van der Waals surface area contributed by atoms with Crippen molar-refractivity contribution in [2.75, 3.05) is 25.9 Å². The molecule has 1 fully saturated rings. The molecule has 2 aromatic rings. The molecule has 0 aromatic heterocycles. The van der Waals surface area contributed by atoms with Crippen molar-refractivity contribution in [3.63, 3.8) is 0 Å². The molecular formula is C21H24ClN3O3S. The molecule has 1 amide bonds. The standard InChI is InChI=1S/C21H24ClN3O3S/c1-29-20-5-3-2-4-16(20)14-24-10-8-15(9-11-24)13-23-21(26)18-12-17(25(27)28)6-7-19(18)22/h2-7,12,15H,8-11,13-14H2,1H3,(H,23,26). The number of carbonyl (C=O) groups is 1. The molecule has 8 heteroatoms. The van der Waals surface area contributed by atoms with Gasteiger partial charge in [-0.15, -0.1) is 11.8 Å². The third-order valence-electron chi connectivity index (χ3n) is 5.25. The SMILES string of the molecule is CSc1ccccc1CN1CCC(CNC(=O)c2cc([N+](=O)[O-])ccc2Cl)CC1. The summed E-state index contributed by atoms with van der Waals surface area (Å²) in [5.74, 6) is 0.0264. The van der Waals surface area contributed by atoms with E-state index >= 15 is 0 Å². The Morgan fingerprint density at radius 3 is 2.69 bits per heavy atom.